The zero-order chi connectivity index (χ0) is 12.8. The number of hydrogen-bond donors (Lipinski definition) is 0. The maximum absolute atomic E-state index is 5.60. The summed E-state index contributed by atoms with van der Waals surface area (Å²) < 4.78 is 10.6. The first kappa shape index (κ1) is 12.6. The Morgan fingerprint density at radius 3 is 2.28 bits per heavy atom. The molecule has 5 heteroatoms. The van der Waals surface area contributed by atoms with Crippen LogP contribution in [0.5, 0.6) is 11.5 Å². The van der Waals surface area contributed by atoms with Crippen molar-refractivity contribution in [3.63, 3.8) is 0 Å². The van der Waals surface area contributed by atoms with Crippen LogP contribution in [0.4, 0.5) is 0 Å². The van der Waals surface area contributed by atoms with E-state index in [2.05, 4.69) is 9.97 Å². The van der Waals surface area contributed by atoms with E-state index in [9.17, 15) is 0 Å². The highest BCUT2D eigenvalue weighted by molar-refractivity contribution is 6.16. The zero-order valence-corrected chi connectivity index (χ0v) is 10.7. The highest BCUT2D eigenvalue weighted by atomic mass is 35.5. The normalized spacial score (nSPS) is 10.1. The minimum atomic E-state index is 0.304. The van der Waals surface area contributed by atoms with Crippen LogP contribution in [0.15, 0.2) is 36.7 Å². The molecule has 2 aromatic rings. The van der Waals surface area contributed by atoms with E-state index in [0.717, 1.165) is 11.3 Å². The van der Waals surface area contributed by atoms with E-state index in [1.54, 1.807) is 19.5 Å². The third-order valence-corrected chi connectivity index (χ3v) is 2.60. The van der Waals surface area contributed by atoms with Crippen molar-refractivity contribution in [3.8, 4) is 11.5 Å². The number of benzene rings is 1. The van der Waals surface area contributed by atoms with Gasteiger partial charge < -0.3 is 9.47 Å². The molecule has 0 saturated carbocycles. The summed E-state index contributed by atoms with van der Waals surface area (Å²) in [5, 5.41) is 0. The summed E-state index contributed by atoms with van der Waals surface area (Å²) in [4.78, 5) is 8.10. The number of nitrogens with zero attached hydrogens (tertiary/aromatic N) is 2. The van der Waals surface area contributed by atoms with Crippen LogP contribution in [-0.4, -0.2) is 17.1 Å². The van der Waals surface area contributed by atoms with Gasteiger partial charge in [0.2, 0.25) is 0 Å². The van der Waals surface area contributed by atoms with Gasteiger partial charge in [-0.15, -0.1) is 11.6 Å². The summed E-state index contributed by atoms with van der Waals surface area (Å²) in [6, 6.07) is 7.69. The van der Waals surface area contributed by atoms with Crippen LogP contribution >= 0.6 is 11.6 Å². The standard InChI is InChI=1S/C13H13ClN2O2/c1-17-11-4-2-10(3-5-11)9-18-12-7-15-13(6-14)16-8-12/h2-5,7-8H,6,9H2,1H3. The molecule has 1 heterocycles. The molecule has 1 aromatic carbocycles. The van der Waals surface area contributed by atoms with Crippen molar-refractivity contribution in [2.75, 3.05) is 7.11 Å². The summed E-state index contributed by atoms with van der Waals surface area (Å²) >= 11 is 5.60. The SMILES string of the molecule is COc1ccc(COc2cnc(CCl)nc2)cc1. The second-order valence-corrected chi connectivity index (χ2v) is 3.87. The largest absolute Gasteiger partial charge is 0.497 e. The molecular weight excluding hydrogens is 252 g/mol. The summed E-state index contributed by atoms with van der Waals surface area (Å²) in [6.07, 6.45) is 3.24. The van der Waals surface area contributed by atoms with Gasteiger partial charge in [0.1, 0.15) is 18.2 Å². The molecule has 0 atom stereocenters. The Hall–Kier alpha value is -1.81. The number of methoxy groups -OCH3 is 1. The maximum Gasteiger partial charge on any atom is 0.156 e. The predicted octanol–water partition coefficient (Wildman–Crippen LogP) is 2.80. The second-order valence-electron chi connectivity index (χ2n) is 3.61. The highest BCUT2D eigenvalue weighted by Gasteiger charge is 1.99. The fourth-order valence-electron chi connectivity index (χ4n) is 1.37. The Bertz CT molecular complexity index is 438. The fourth-order valence-corrected chi connectivity index (χ4v) is 1.51. The average Bonchev–Trinajstić information content (AvgIpc) is 2.46. The van der Waals surface area contributed by atoms with Crippen LogP contribution in [0.1, 0.15) is 11.4 Å². The molecule has 0 fully saturated rings. The summed E-state index contributed by atoms with van der Waals surface area (Å²) in [5.41, 5.74) is 1.05. The maximum atomic E-state index is 5.60. The van der Waals surface area contributed by atoms with Crippen LogP contribution < -0.4 is 9.47 Å². The lowest BCUT2D eigenvalue weighted by Gasteiger charge is -2.06. The molecule has 0 amide bonds. The summed E-state index contributed by atoms with van der Waals surface area (Å²) in [6.45, 7) is 0.466. The minimum Gasteiger partial charge on any atom is -0.497 e. The number of aromatic nitrogens is 2. The van der Waals surface area contributed by atoms with Gasteiger partial charge in [-0.2, -0.15) is 0 Å². The van der Waals surface area contributed by atoms with Crippen LogP contribution in [0, 0.1) is 0 Å². The molecule has 0 spiro atoms. The van der Waals surface area contributed by atoms with Gasteiger partial charge in [0.25, 0.3) is 0 Å². The van der Waals surface area contributed by atoms with E-state index in [1.807, 2.05) is 24.3 Å². The molecule has 4 nitrogen and oxygen atoms in total. The Morgan fingerprint density at radius 1 is 1.06 bits per heavy atom. The van der Waals surface area contributed by atoms with Crippen molar-refractivity contribution in [1.29, 1.82) is 0 Å². The average molecular weight is 265 g/mol. The Kier molecular flexibility index (Phi) is 4.36. The molecule has 94 valence electrons. The first-order valence-corrected chi connectivity index (χ1v) is 5.98. The van der Waals surface area contributed by atoms with Crippen molar-refractivity contribution >= 4 is 11.6 Å². The monoisotopic (exact) mass is 264 g/mol. The third-order valence-electron chi connectivity index (χ3n) is 2.37. The lowest BCUT2D eigenvalue weighted by atomic mass is 10.2. The van der Waals surface area contributed by atoms with Crippen molar-refractivity contribution in [1.82, 2.24) is 9.97 Å². The van der Waals surface area contributed by atoms with Crippen LogP contribution in [0.25, 0.3) is 0 Å². The fraction of sp³-hybridized carbons (Fsp3) is 0.231. The molecule has 0 bridgehead atoms. The minimum absolute atomic E-state index is 0.304. The van der Waals surface area contributed by atoms with Crippen molar-refractivity contribution < 1.29 is 9.47 Å². The van der Waals surface area contributed by atoms with E-state index in [0.29, 0.717) is 24.1 Å². The lowest BCUT2D eigenvalue weighted by molar-refractivity contribution is 0.303. The van der Waals surface area contributed by atoms with Crippen LogP contribution in [-0.2, 0) is 12.5 Å². The number of rotatable bonds is 5. The van der Waals surface area contributed by atoms with Gasteiger partial charge in [-0.05, 0) is 17.7 Å². The first-order chi connectivity index (χ1) is 8.81. The van der Waals surface area contributed by atoms with E-state index in [4.69, 9.17) is 21.1 Å². The molecule has 18 heavy (non-hydrogen) atoms. The Morgan fingerprint density at radius 2 is 1.72 bits per heavy atom. The van der Waals surface area contributed by atoms with Gasteiger partial charge in [0.05, 0.1) is 25.4 Å². The van der Waals surface area contributed by atoms with E-state index >= 15 is 0 Å². The summed E-state index contributed by atoms with van der Waals surface area (Å²) in [7, 11) is 1.64. The number of alkyl halides is 1. The van der Waals surface area contributed by atoms with Gasteiger partial charge in [0.15, 0.2) is 5.75 Å². The van der Waals surface area contributed by atoms with Crippen molar-refractivity contribution in [2.45, 2.75) is 12.5 Å². The molecule has 0 unspecified atom stereocenters. The smallest absolute Gasteiger partial charge is 0.156 e. The van der Waals surface area contributed by atoms with Crippen LogP contribution in [0.3, 0.4) is 0 Å². The zero-order valence-electron chi connectivity index (χ0n) is 9.97. The molecule has 0 aliphatic heterocycles. The van der Waals surface area contributed by atoms with Gasteiger partial charge in [0, 0.05) is 0 Å². The topological polar surface area (TPSA) is 44.2 Å². The van der Waals surface area contributed by atoms with Gasteiger partial charge in [-0.3, -0.25) is 0 Å². The number of ether oxygens (including phenoxy) is 2. The summed E-state index contributed by atoms with van der Waals surface area (Å²) in [5.74, 6) is 2.35. The lowest BCUT2D eigenvalue weighted by Crippen LogP contribution is -1.98. The third kappa shape index (κ3) is 3.34. The van der Waals surface area contributed by atoms with Gasteiger partial charge >= 0.3 is 0 Å². The molecule has 2 rings (SSSR count). The molecule has 0 saturated heterocycles. The van der Waals surface area contributed by atoms with Crippen molar-refractivity contribution in [2.24, 2.45) is 0 Å². The first-order valence-electron chi connectivity index (χ1n) is 5.44. The quantitative estimate of drug-likeness (QED) is 0.779. The molecule has 0 N–H and O–H groups in total. The van der Waals surface area contributed by atoms with E-state index in [1.165, 1.54) is 0 Å². The number of hydrogen-bond acceptors (Lipinski definition) is 4. The van der Waals surface area contributed by atoms with Gasteiger partial charge in [-0.25, -0.2) is 9.97 Å². The van der Waals surface area contributed by atoms with E-state index < -0.39 is 0 Å². The molecule has 0 aliphatic carbocycles. The number of halogens is 1. The highest BCUT2D eigenvalue weighted by Crippen LogP contribution is 2.14. The predicted molar refractivity (Wildman–Crippen MR) is 68.9 cm³/mol. The Balaban J connectivity index is 1.93. The molecule has 1 aromatic heterocycles. The van der Waals surface area contributed by atoms with Gasteiger partial charge in [-0.1, -0.05) is 12.1 Å². The van der Waals surface area contributed by atoms with Crippen LogP contribution in [0.2, 0.25) is 0 Å². The molecule has 0 aliphatic rings. The molecule has 0 radical (unpaired) electrons. The Labute approximate surface area is 111 Å². The second kappa shape index (κ2) is 6.21. The van der Waals surface area contributed by atoms with E-state index in [-0.39, 0.29) is 0 Å². The molecular formula is C13H13ClN2O2. The van der Waals surface area contributed by atoms with Crippen molar-refractivity contribution in [3.05, 3.63) is 48.0 Å².